The molecule has 1 radical (unpaired) electrons. The van der Waals surface area contributed by atoms with Crippen molar-refractivity contribution in [1.82, 2.24) is 5.73 Å². The van der Waals surface area contributed by atoms with Crippen LogP contribution in [0.3, 0.4) is 0 Å². The third-order valence-electron chi connectivity index (χ3n) is 0.342. The Morgan fingerprint density at radius 1 is 1.88 bits per heavy atom. The van der Waals surface area contributed by atoms with Gasteiger partial charge in [-0.15, -0.1) is 0 Å². The lowest BCUT2D eigenvalue weighted by atomic mass is 10.8. The van der Waals surface area contributed by atoms with Gasteiger partial charge in [-0.1, -0.05) is 5.92 Å². The van der Waals surface area contributed by atoms with Crippen LogP contribution in [-0.2, 0) is 4.74 Å². The summed E-state index contributed by atoms with van der Waals surface area (Å²) in [6.45, 7) is 0.0191. The van der Waals surface area contributed by atoms with Crippen LogP contribution in [-0.4, -0.2) is 12.7 Å². The first-order valence-electron chi connectivity index (χ1n) is 1.74. The zero-order chi connectivity index (χ0) is 6.41. The van der Waals surface area contributed by atoms with Gasteiger partial charge >= 0.3 is 6.09 Å². The molecule has 43 valence electrons. The smallest absolute Gasteiger partial charge is 0.427 e. The highest BCUT2D eigenvalue weighted by Gasteiger charge is 1.87. The second-order valence-corrected chi connectivity index (χ2v) is 1.39. The minimum atomic E-state index is -1.04. The quantitative estimate of drug-likeness (QED) is 0.488. The second-order valence-electron chi connectivity index (χ2n) is 0.847. The monoisotopic (exact) mass is 224 g/mol. The number of amides is 1. The van der Waals surface area contributed by atoms with E-state index in [-0.39, 0.29) is 6.61 Å². The lowest BCUT2D eigenvalue weighted by Gasteiger charge is -1.87. The molecule has 0 aromatic heterocycles. The number of rotatable bonds is 1. The molecule has 0 bridgehead atoms. The zero-order valence-electron chi connectivity index (χ0n) is 3.90. The highest BCUT2D eigenvalue weighted by Crippen LogP contribution is 1.74. The first-order chi connectivity index (χ1) is 3.77. The maximum absolute atomic E-state index is 9.69. The molecule has 0 aromatic rings. The molecule has 0 aliphatic heterocycles. The predicted molar refractivity (Wildman–Crippen MR) is 36.2 cm³/mol. The summed E-state index contributed by atoms with van der Waals surface area (Å²) in [4.78, 5) is 9.69. The van der Waals surface area contributed by atoms with Crippen LogP contribution in [0.15, 0.2) is 0 Å². The minimum Gasteiger partial charge on any atom is -0.435 e. The normalized spacial score (nSPS) is 6.62. The topological polar surface area (TPSA) is 50.1 Å². The molecule has 0 saturated heterocycles. The van der Waals surface area contributed by atoms with Crippen molar-refractivity contribution in [3.63, 3.8) is 0 Å². The van der Waals surface area contributed by atoms with Crippen LogP contribution < -0.4 is 5.73 Å². The molecule has 8 heavy (non-hydrogen) atoms. The maximum Gasteiger partial charge on any atom is 0.427 e. The predicted octanol–water partition coefficient (Wildman–Crippen LogP) is 0.802. The van der Waals surface area contributed by atoms with Gasteiger partial charge in [0.1, 0.15) is 0 Å². The molecule has 0 aliphatic rings. The van der Waals surface area contributed by atoms with Gasteiger partial charge in [0, 0.05) is 22.6 Å². The minimum absolute atomic E-state index is 0.0191. The van der Waals surface area contributed by atoms with E-state index in [9.17, 15) is 4.79 Å². The number of hydrogen-bond donors (Lipinski definition) is 0. The van der Waals surface area contributed by atoms with Crippen molar-refractivity contribution < 1.29 is 9.53 Å². The number of hydrogen-bond acceptors (Lipinski definition) is 2. The molecule has 0 spiro atoms. The van der Waals surface area contributed by atoms with E-state index in [1.165, 1.54) is 0 Å². The third kappa shape index (κ3) is 5.56. The highest BCUT2D eigenvalue weighted by atomic mass is 127. The molecular weight excluding hydrogens is 221 g/mol. The lowest BCUT2D eigenvalue weighted by Crippen LogP contribution is -2.01. The van der Waals surface area contributed by atoms with E-state index < -0.39 is 6.09 Å². The summed E-state index contributed by atoms with van der Waals surface area (Å²) in [5.41, 5.74) is 6.22. The van der Waals surface area contributed by atoms with E-state index in [0.29, 0.717) is 0 Å². The summed E-state index contributed by atoms with van der Waals surface area (Å²) in [6, 6.07) is 0. The van der Waals surface area contributed by atoms with Crippen molar-refractivity contribution in [2.24, 2.45) is 0 Å². The van der Waals surface area contributed by atoms with E-state index in [1.54, 1.807) is 0 Å². The average molecular weight is 224 g/mol. The number of halogens is 1. The Hall–Kier alpha value is -0.440. The molecule has 0 aliphatic carbocycles. The third-order valence-corrected chi connectivity index (χ3v) is 0.724. The molecule has 4 heteroatoms. The van der Waals surface area contributed by atoms with Gasteiger partial charge in [-0.05, 0) is 3.93 Å². The molecule has 0 heterocycles. The van der Waals surface area contributed by atoms with E-state index in [0.717, 1.165) is 0 Å². The van der Waals surface area contributed by atoms with Gasteiger partial charge in [-0.2, -0.15) is 0 Å². The summed E-state index contributed by atoms with van der Waals surface area (Å²) < 4.78 is 6.61. The Morgan fingerprint density at radius 2 is 2.50 bits per heavy atom. The SMILES string of the molecule is [NH]C(=O)OCC#CI. The van der Waals surface area contributed by atoms with Gasteiger partial charge in [0.05, 0.1) is 0 Å². The van der Waals surface area contributed by atoms with E-state index in [4.69, 9.17) is 5.73 Å². The summed E-state index contributed by atoms with van der Waals surface area (Å²) in [5.74, 6) is 2.45. The first-order valence-corrected chi connectivity index (χ1v) is 2.82. The standard InChI is InChI=1S/C4H3INO2/c5-2-1-3-8-4(6)7/h6H,3H2. The van der Waals surface area contributed by atoms with Crippen LogP contribution in [0.5, 0.6) is 0 Å². The van der Waals surface area contributed by atoms with Crippen LogP contribution in [0, 0.1) is 9.85 Å². The maximum atomic E-state index is 9.69. The molecule has 0 aromatic carbocycles. The largest absolute Gasteiger partial charge is 0.435 e. The number of ether oxygens (including phenoxy) is 1. The molecule has 0 saturated carbocycles. The lowest BCUT2D eigenvalue weighted by molar-refractivity contribution is 0.169. The Labute approximate surface area is 60.7 Å². The van der Waals surface area contributed by atoms with Gasteiger partial charge in [0.25, 0.3) is 0 Å². The second kappa shape index (κ2) is 4.71. The molecule has 1 N–H and O–H groups in total. The average Bonchev–Trinajstić information content (AvgIpc) is 1.66. The first kappa shape index (κ1) is 7.56. The van der Waals surface area contributed by atoms with E-state index in [2.05, 4.69) is 14.6 Å². The van der Waals surface area contributed by atoms with Crippen LogP contribution in [0.4, 0.5) is 4.79 Å². The fourth-order valence-electron chi connectivity index (χ4n) is 0.129. The Morgan fingerprint density at radius 3 is 2.88 bits per heavy atom. The van der Waals surface area contributed by atoms with Crippen molar-refractivity contribution in [3.8, 4) is 9.85 Å². The Bertz CT molecular complexity index is 135. The van der Waals surface area contributed by atoms with Gasteiger partial charge in [-0.25, -0.2) is 10.5 Å². The van der Waals surface area contributed by atoms with Gasteiger partial charge in [0.15, 0.2) is 6.61 Å². The number of nitrogens with one attached hydrogen (secondary N) is 1. The molecule has 3 nitrogen and oxygen atoms in total. The van der Waals surface area contributed by atoms with Crippen LogP contribution >= 0.6 is 22.6 Å². The Balaban J connectivity index is 3.14. The van der Waals surface area contributed by atoms with Crippen molar-refractivity contribution in [2.45, 2.75) is 0 Å². The van der Waals surface area contributed by atoms with Crippen molar-refractivity contribution in [2.75, 3.05) is 6.61 Å². The van der Waals surface area contributed by atoms with Crippen LogP contribution in [0.25, 0.3) is 0 Å². The fraction of sp³-hybridized carbons (Fsp3) is 0.250. The summed E-state index contributed by atoms with van der Waals surface area (Å²) in [6.07, 6.45) is -1.04. The summed E-state index contributed by atoms with van der Waals surface area (Å²) >= 11 is 1.82. The number of carbonyl (C=O) groups is 1. The molecule has 0 fully saturated rings. The summed E-state index contributed by atoms with van der Waals surface area (Å²) in [7, 11) is 0. The van der Waals surface area contributed by atoms with Crippen LogP contribution in [0.2, 0.25) is 0 Å². The van der Waals surface area contributed by atoms with Gasteiger partial charge < -0.3 is 4.74 Å². The molecule has 0 unspecified atom stereocenters. The summed E-state index contributed by atoms with van der Waals surface area (Å²) in [5, 5.41) is 0. The van der Waals surface area contributed by atoms with E-state index >= 15 is 0 Å². The Kier molecular flexibility index (Phi) is 4.45. The van der Waals surface area contributed by atoms with Gasteiger partial charge in [-0.3, -0.25) is 0 Å². The molecule has 1 amide bonds. The van der Waals surface area contributed by atoms with Crippen molar-refractivity contribution in [3.05, 3.63) is 0 Å². The van der Waals surface area contributed by atoms with E-state index in [1.807, 2.05) is 22.6 Å². The molecule has 0 rings (SSSR count). The van der Waals surface area contributed by atoms with Crippen LogP contribution in [0.1, 0.15) is 0 Å². The molecular formula is C4H3INO2. The highest BCUT2D eigenvalue weighted by molar-refractivity contribution is 14.1. The van der Waals surface area contributed by atoms with Gasteiger partial charge in [0.2, 0.25) is 0 Å². The zero-order valence-corrected chi connectivity index (χ0v) is 6.06. The fourth-order valence-corrected chi connectivity index (χ4v) is 0.285. The number of carbonyl (C=O) groups excluding carboxylic acids is 1. The van der Waals surface area contributed by atoms with Crippen molar-refractivity contribution >= 4 is 28.7 Å². The van der Waals surface area contributed by atoms with Crippen molar-refractivity contribution in [1.29, 1.82) is 0 Å². The molecule has 0 atom stereocenters.